The first-order valence-electron chi connectivity index (χ1n) is 8.56. The molecule has 1 unspecified atom stereocenters. The summed E-state index contributed by atoms with van der Waals surface area (Å²) in [5, 5.41) is 6.89. The molecule has 1 aliphatic rings. The van der Waals surface area contributed by atoms with E-state index in [-0.39, 0.29) is 11.9 Å². The molecule has 1 saturated heterocycles. The second-order valence-electron chi connectivity index (χ2n) is 6.33. The number of amides is 1. The summed E-state index contributed by atoms with van der Waals surface area (Å²) in [5.41, 5.74) is 1.12. The fraction of sp³-hybridized carbons (Fsp3) is 0.500. The molecular weight excluding hydrogens is 304 g/mol. The first-order valence-corrected chi connectivity index (χ1v) is 8.56. The normalized spacial score (nSPS) is 19.0. The standard InChI is InChI=1S/C18H24N4O2/c1-22-11-7-3-6-10-15(22)18(23)19-13-16-20-17(24-21-16)12-14-8-4-2-5-9-14/h2,4-5,8-9,15H,3,6-7,10-13H2,1H3,(H,19,23). The van der Waals surface area contributed by atoms with Crippen LogP contribution in [0.1, 0.15) is 43.0 Å². The van der Waals surface area contributed by atoms with Crippen molar-refractivity contribution in [1.29, 1.82) is 0 Å². The van der Waals surface area contributed by atoms with Crippen LogP contribution >= 0.6 is 0 Å². The van der Waals surface area contributed by atoms with E-state index < -0.39 is 0 Å². The third kappa shape index (κ3) is 4.41. The number of aromatic nitrogens is 2. The first-order chi connectivity index (χ1) is 11.7. The average Bonchev–Trinajstić information content (AvgIpc) is 2.92. The monoisotopic (exact) mass is 328 g/mol. The van der Waals surface area contributed by atoms with E-state index in [1.807, 2.05) is 37.4 Å². The molecule has 1 amide bonds. The number of likely N-dealkylation sites (tertiary alicyclic amines) is 1. The minimum atomic E-state index is -0.0526. The van der Waals surface area contributed by atoms with Crippen molar-refractivity contribution in [3.05, 3.63) is 47.6 Å². The van der Waals surface area contributed by atoms with Gasteiger partial charge in [-0.3, -0.25) is 9.69 Å². The van der Waals surface area contributed by atoms with Crippen molar-refractivity contribution in [2.24, 2.45) is 0 Å². The van der Waals surface area contributed by atoms with Crippen molar-refractivity contribution in [3.63, 3.8) is 0 Å². The minimum Gasteiger partial charge on any atom is -0.347 e. The van der Waals surface area contributed by atoms with Crippen LogP contribution in [-0.2, 0) is 17.8 Å². The van der Waals surface area contributed by atoms with Gasteiger partial charge in [-0.15, -0.1) is 0 Å². The Balaban J connectivity index is 1.52. The van der Waals surface area contributed by atoms with Crippen LogP contribution in [0, 0.1) is 0 Å². The lowest BCUT2D eigenvalue weighted by molar-refractivity contribution is -0.126. The molecule has 0 radical (unpaired) electrons. The van der Waals surface area contributed by atoms with E-state index in [9.17, 15) is 4.79 Å². The zero-order valence-electron chi connectivity index (χ0n) is 14.1. The molecule has 0 saturated carbocycles. The van der Waals surface area contributed by atoms with Crippen LogP contribution in [0.4, 0.5) is 0 Å². The molecule has 0 spiro atoms. The molecule has 2 aromatic rings. The third-order valence-corrected chi connectivity index (χ3v) is 4.45. The quantitative estimate of drug-likeness (QED) is 0.910. The first kappa shape index (κ1) is 16.6. The largest absolute Gasteiger partial charge is 0.347 e. The molecule has 1 aromatic heterocycles. The number of benzene rings is 1. The van der Waals surface area contributed by atoms with Gasteiger partial charge in [-0.1, -0.05) is 48.3 Å². The summed E-state index contributed by atoms with van der Waals surface area (Å²) >= 11 is 0. The maximum absolute atomic E-state index is 12.4. The Hall–Kier alpha value is -2.21. The Labute approximate surface area is 142 Å². The smallest absolute Gasteiger partial charge is 0.237 e. The molecule has 128 valence electrons. The van der Waals surface area contributed by atoms with Crippen molar-refractivity contribution in [1.82, 2.24) is 20.4 Å². The maximum Gasteiger partial charge on any atom is 0.237 e. The van der Waals surface area contributed by atoms with Gasteiger partial charge in [0.05, 0.1) is 19.0 Å². The molecular formula is C18H24N4O2. The fourth-order valence-electron chi connectivity index (χ4n) is 3.07. The summed E-state index contributed by atoms with van der Waals surface area (Å²) in [6, 6.07) is 9.93. The van der Waals surface area contributed by atoms with Crippen LogP contribution in [0.15, 0.2) is 34.9 Å². The van der Waals surface area contributed by atoms with E-state index >= 15 is 0 Å². The van der Waals surface area contributed by atoms with Crippen LogP contribution in [-0.4, -0.2) is 40.6 Å². The van der Waals surface area contributed by atoms with Gasteiger partial charge < -0.3 is 9.84 Å². The molecule has 2 heterocycles. The van der Waals surface area contributed by atoms with Gasteiger partial charge in [-0.25, -0.2) is 0 Å². The molecule has 0 bridgehead atoms. The Kier molecular flexibility index (Phi) is 5.59. The van der Waals surface area contributed by atoms with Crippen molar-refractivity contribution in [3.8, 4) is 0 Å². The van der Waals surface area contributed by atoms with Crippen molar-refractivity contribution in [2.45, 2.75) is 44.7 Å². The topological polar surface area (TPSA) is 71.3 Å². The molecule has 1 aliphatic heterocycles. The molecule has 3 rings (SSSR count). The lowest BCUT2D eigenvalue weighted by atomic mass is 10.1. The average molecular weight is 328 g/mol. The van der Waals surface area contributed by atoms with Crippen LogP contribution in [0.3, 0.4) is 0 Å². The van der Waals surface area contributed by atoms with Gasteiger partial charge in [0.1, 0.15) is 0 Å². The van der Waals surface area contributed by atoms with Gasteiger partial charge in [0.15, 0.2) is 5.82 Å². The third-order valence-electron chi connectivity index (χ3n) is 4.45. The van der Waals surface area contributed by atoms with Gasteiger partial charge >= 0.3 is 0 Å². The highest BCUT2D eigenvalue weighted by Crippen LogP contribution is 2.15. The Morgan fingerprint density at radius 3 is 2.96 bits per heavy atom. The van der Waals surface area contributed by atoms with Gasteiger partial charge in [0, 0.05) is 0 Å². The van der Waals surface area contributed by atoms with E-state index in [2.05, 4.69) is 20.4 Å². The van der Waals surface area contributed by atoms with Crippen LogP contribution in [0.5, 0.6) is 0 Å². The predicted molar refractivity (Wildman–Crippen MR) is 90.3 cm³/mol. The molecule has 24 heavy (non-hydrogen) atoms. The van der Waals surface area contributed by atoms with Crippen molar-refractivity contribution in [2.75, 3.05) is 13.6 Å². The van der Waals surface area contributed by atoms with Gasteiger partial charge in [0.2, 0.25) is 11.8 Å². The van der Waals surface area contributed by atoms with Gasteiger partial charge in [-0.2, -0.15) is 4.98 Å². The van der Waals surface area contributed by atoms with E-state index in [1.165, 1.54) is 6.42 Å². The highest BCUT2D eigenvalue weighted by molar-refractivity contribution is 5.81. The summed E-state index contributed by atoms with van der Waals surface area (Å²) in [5.74, 6) is 1.14. The highest BCUT2D eigenvalue weighted by Gasteiger charge is 2.24. The Morgan fingerprint density at radius 1 is 1.29 bits per heavy atom. The summed E-state index contributed by atoms with van der Waals surface area (Å²) in [6.45, 7) is 1.28. The Morgan fingerprint density at radius 2 is 2.12 bits per heavy atom. The molecule has 0 aliphatic carbocycles. The molecule has 1 N–H and O–H groups in total. The number of likely N-dealkylation sites (N-methyl/N-ethyl adjacent to an activating group) is 1. The second kappa shape index (κ2) is 8.06. The van der Waals surface area contributed by atoms with Crippen LogP contribution < -0.4 is 5.32 Å². The van der Waals surface area contributed by atoms with Crippen molar-refractivity contribution >= 4 is 5.91 Å². The summed E-state index contributed by atoms with van der Waals surface area (Å²) in [7, 11) is 2.02. The maximum atomic E-state index is 12.4. The summed E-state index contributed by atoms with van der Waals surface area (Å²) in [6.07, 6.45) is 4.97. The summed E-state index contributed by atoms with van der Waals surface area (Å²) < 4.78 is 5.26. The lowest BCUT2D eigenvalue weighted by Crippen LogP contribution is -2.44. The van der Waals surface area contributed by atoms with E-state index in [0.717, 1.165) is 31.4 Å². The predicted octanol–water partition coefficient (Wildman–Crippen LogP) is 2.15. The lowest BCUT2D eigenvalue weighted by Gasteiger charge is -2.24. The Bertz CT molecular complexity index is 656. The van der Waals surface area contributed by atoms with Crippen molar-refractivity contribution < 1.29 is 9.32 Å². The number of nitrogens with zero attached hydrogens (tertiary/aromatic N) is 3. The molecule has 1 fully saturated rings. The molecule has 1 atom stereocenters. The van der Waals surface area contributed by atoms with Gasteiger partial charge in [0.25, 0.3) is 0 Å². The zero-order chi connectivity index (χ0) is 16.8. The van der Waals surface area contributed by atoms with E-state index in [0.29, 0.717) is 24.7 Å². The van der Waals surface area contributed by atoms with Gasteiger partial charge in [-0.05, 0) is 32.0 Å². The number of hydrogen-bond donors (Lipinski definition) is 1. The van der Waals surface area contributed by atoms with Crippen LogP contribution in [0.2, 0.25) is 0 Å². The molecule has 1 aromatic carbocycles. The SMILES string of the molecule is CN1CCCCCC1C(=O)NCc1noc(Cc2ccccc2)n1. The fourth-order valence-corrected chi connectivity index (χ4v) is 3.07. The molecule has 6 nitrogen and oxygen atoms in total. The number of carbonyl (C=O) groups excluding carboxylic acids is 1. The van der Waals surface area contributed by atoms with E-state index in [4.69, 9.17) is 4.52 Å². The zero-order valence-corrected chi connectivity index (χ0v) is 14.1. The number of nitrogens with one attached hydrogen (secondary N) is 1. The number of carbonyl (C=O) groups is 1. The number of rotatable bonds is 5. The highest BCUT2D eigenvalue weighted by atomic mass is 16.5. The summed E-state index contributed by atoms with van der Waals surface area (Å²) in [4.78, 5) is 18.9. The van der Waals surface area contributed by atoms with E-state index in [1.54, 1.807) is 0 Å². The molecule has 6 heteroatoms. The number of hydrogen-bond acceptors (Lipinski definition) is 5. The second-order valence-corrected chi connectivity index (χ2v) is 6.33. The minimum absolute atomic E-state index is 0.0498. The van der Waals surface area contributed by atoms with Crippen LogP contribution in [0.25, 0.3) is 0 Å².